The second-order valence-corrected chi connectivity index (χ2v) is 5.51. The van der Waals surface area contributed by atoms with Gasteiger partial charge in [0, 0.05) is 30.0 Å². The first-order valence-corrected chi connectivity index (χ1v) is 7.02. The van der Waals surface area contributed by atoms with Gasteiger partial charge in [-0.3, -0.25) is 9.48 Å². The molecule has 1 aromatic carbocycles. The van der Waals surface area contributed by atoms with Gasteiger partial charge in [-0.25, -0.2) is 0 Å². The lowest BCUT2D eigenvalue weighted by Crippen LogP contribution is -2.29. The monoisotopic (exact) mass is 287 g/mol. The van der Waals surface area contributed by atoms with Gasteiger partial charge in [-0.05, 0) is 32.9 Å². The predicted molar refractivity (Wildman–Crippen MR) is 82.5 cm³/mol. The van der Waals surface area contributed by atoms with E-state index in [4.69, 9.17) is 5.11 Å². The Morgan fingerprint density at radius 3 is 2.52 bits per heavy atom. The molecule has 2 aromatic rings. The zero-order valence-electron chi connectivity index (χ0n) is 12.7. The Kier molecular flexibility index (Phi) is 4.62. The summed E-state index contributed by atoms with van der Waals surface area (Å²) in [7, 11) is 0. The van der Waals surface area contributed by atoms with Crippen LogP contribution in [0.4, 0.5) is 5.69 Å². The van der Waals surface area contributed by atoms with Crippen molar-refractivity contribution in [2.75, 3.05) is 11.4 Å². The zero-order valence-corrected chi connectivity index (χ0v) is 12.7. The van der Waals surface area contributed by atoms with E-state index in [1.807, 2.05) is 47.0 Å². The average Bonchev–Trinajstić information content (AvgIpc) is 2.87. The molecule has 1 aromatic heterocycles. The van der Waals surface area contributed by atoms with Crippen molar-refractivity contribution in [3.05, 3.63) is 47.8 Å². The quantitative estimate of drug-likeness (QED) is 0.887. The predicted octanol–water partition coefficient (Wildman–Crippen LogP) is 2.86. The topological polar surface area (TPSA) is 58.4 Å². The minimum atomic E-state index is -0.841. The van der Waals surface area contributed by atoms with Crippen LogP contribution in [-0.4, -0.2) is 27.4 Å². The zero-order chi connectivity index (χ0) is 15.4. The highest BCUT2D eigenvalue weighted by molar-refractivity contribution is 5.73. The number of hydrogen-bond acceptors (Lipinski definition) is 3. The first-order valence-electron chi connectivity index (χ1n) is 7.02. The molecule has 1 N–H and O–H groups in total. The van der Waals surface area contributed by atoms with Gasteiger partial charge < -0.3 is 10.0 Å². The average molecular weight is 287 g/mol. The fourth-order valence-electron chi connectivity index (χ4n) is 2.12. The Balaban J connectivity index is 2.19. The highest BCUT2D eigenvalue weighted by atomic mass is 16.4. The molecular formula is C16H21N3O2. The fourth-order valence-corrected chi connectivity index (χ4v) is 2.12. The molecule has 0 fully saturated rings. The number of aromatic nitrogens is 2. The fraction of sp³-hybridized carbons (Fsp3) is 0.375. The summed E-state index contributed by atoms with van der Waals surface area (Å²) in [6.45, 7) is 6.63. The smallest absolute Gasteiger partial charge is 0.323 e. The molecule has 5 heteroatoms. The van der Waals surface area contributed by atoms with E-state index in [9.17, 15) is 4.79 Å². The van der Waals surface area contributed by atoms with Crippen LogP contribution < -0.4 is 4.90 Å². The van der Waals surface area contributed by atoms with Crippen molar-refractivity contribution < 1.29 is 9.90 Å². The Hall–Kier alpha value is -2.30. The summed E-state index contributed by atoms with van der Waals surface area (Å²) in [6, 6.07) is 8.17. The molecule has 21 heavy (non-hydrogen) atoms. The summed E-state index contributed by atoms with van der Waals surface area (Å²) in [5.74, 6) is -0.841. The first kappa shape index (κ1) is 15.1. The van der Waals surface area contributed by atoms with Crippen molar-refractivity contribution >= 4 is 11.7 Å². The normalized spacial score (nSPS) is 10.9. The number of carboxylic acid groups (broad SMARTS) is 1. The molecule has 0 atom stereocenters. The molecule has 0 radical (unpaired) electrons. The van der Waals surface area contributed by atoms with Crippen molar-refractivity contribution in [3.63, 3.8) is 0 Å². The standard InChI is InChI=1S/C16H21N3O2/c1-12(2)19-10-14(8-17-19)9-18(11-16(20)21)15-6-4-13(3)5-7-15/h4-8,10,12H,9,11H2,1-3H3,(H,20,21). The van der Waals surface area contributed by atoms with Crippen molar-refractivity contribution in [2.45, 2.75) is 33.4 Å². The van der Waals surface area contributed by atoms with Gasteiger partial charge in [0.2, 0.25) is 0 Å². The molecule has 0 bridgehead atoms. The number of rotatable bonds is 6. The number of anilines is 1. The van der Waals surface area contributed by atoms with Crippen LogP contribution in [0.5, 0.6) is 0 Å². The molecule has 0 aliphatic heterocycles. The number of hydrogen-bond donors (Lipinski definition) is 1. The van der Waals surface area contributed by atoms with Gasteiger partial charge in [0.15, 0.2) is 0 Å². The molecular weight excluding hydrogens is 266 g/mol. The van der Waals surface area contributed by atoms with Crippen LogP contribution in [0.25, 0.3) is 0 Å². The largest absolute Gasteiger partial charge is 0.480 e. The van der Waals surface area contributed by atoms with Gasteiger partial charge in [-0.1, -0.05) is 17.7 Å². The molecule has 0 aliphatic rings. The second kappa shape index (κ2) is 6.43. The van der Waals surface area contributed by atoms with Crippen LogP contribution in [0.3, 0.4) is 0 Å². The molecule has 1 heterocycles. The summed E-state index contributed by atoms with van der Waals surface area (Å²) in [5.41, 5.74) is 3.06. The van der Waals surface area contributed by atoms with E-state index in [1.165, 1.54) is 0 Å². The molecule has 0 amide bonds. The lowest BCUT2D eigenvalue weighted by Gasteiger charge is -2.22. The van der Waals surface area contributed by atoms with Gasteiger partial charge >= 0.3 is 5.97 Å². The second-order valence-electron chi connectivity index (χ2n) is 5.51. The van der Waals surface area contributed by atoms with Crippen molar-refractivity contribution in [1.29, 1.82) is 0 Å². The summed E-state index contributed by atoms with van der Waals surface area (Å²) in [6.07, 6.45) is 3.76. The Morgan fingerprint density at radius 2 is 2.00 bits per heavy atom. The SMILES string of the molecule is Cc1ccc(N(CC(=O)O)Cc2cnn(C(C)C)c2)cc1. The third-order valence-corrected chi connectivity index (χ3v) is 3.28. The van der Waals surface area contributed by atoms with Crippen molar-refractivity contribution in [3.8, 4) is 0 Å². The molecule has 0 saturated heterocycles. The highest BCUT2D eigenvalue weighted by Crippen LogP contribution is 2.18. The maximum Gasteiger partial charge on any atom is 0.323 e. The molecule has 112 valence electrons. The minimum absolute atomic E-state index is 0.0318. The number of aryl methyl sites for hydroxylation is 1. The molecule has 0 spiro atoms. The number of aliphatic carboxylic acids is 1. The number of benzene rings is 1. The first-order chi connectivity index (χ1) is 9.95. The molecule has 0 aliphatic carbocycles. The van der Waals surface area contributed by atoms with Crippen LogP contribution in [0.2, 0.25) is 0 Å². The summed E-state index contributed by atoms with van der Waals surface area (Å²) in [4.78, 5) is 12.9. The summed E-state index contributed by atoms with van der Waals surface area (Å²) >= 11 is 0. The van der Waals surface area contributed by atoms with E-state index in [0.717, 1.165) is 16.8 Å². The minimum Gasteiger partial charge on any atom is -0.480 e. The molecule has 5 nitrogen and oxygen atoms in total. The number of carbonyl (C=O) groups is 1. The summed E-state index contributed by atoms with van der Waals surface area (Å²) in [5, 5.41) is 13.4. The van der Waals surface area contributed by atoms with E-state index in [-0.39, 0.29) is 6.54 Å². The van der Waals surface area contributed by atoms with Crippen LogP contribution in [0, 0.1) is 6.92 Å². The van der Waals surface area contributed by atoms with Gasteiger partial charge in [0.05, 0.1) is 6.20 Å². The van der Waals surface area contributed by atoms with Gasteiger partial charge in [0.1, 0.15) is 6.54 Å². The Morgan fingerprint density at radius 1 is 1.33 bits per heavy atom. The highest BCUT2D eigenvalue weighted by Gasteiger charge is 2.13. The number of carboxylic acids is 1. The lowest BCUT2D eigenvalue weighted by molar-refractivity contribution is -0.135. The van der Waals surface area contributed by atoms with Crippen LogP contribution in [-0.2, 0) is 11.3 Å². The van der Waals surface area contributed by atoms with E-state index in [0.29, 0.717) is 12.6 Å². The van der Waals surface area contributed by atoms with E-state index in [2.05, 4.69) is 18.9 Å². The Labute approximate surface area is 124 Å². The van der Waals surface area contributed by atoms with Crippen LogP contribution in [0.15, 0.2) is 36.7 Å². The third kappa shape index (κ3) is 4.08. The molecule has 0 unspecified atom stereocenters. The van der Waals surface area contributed by atoms with E-state index < -0.39 is 5.97 Å². The number of nitrogens with zero attached hydrogens (tertiary/aromatic N) is 3. The molecule has 0 saturated carbocycles. The van der Waals surface area contributed by atoms with Crippen LogP contribution >= 0.6 is 0 Å². The van der Waals surface area contributed by atoms with Gasteiger partial charge in [-0.15, -0.1) is 0 Å². The van der Waals surface area contributed by atoms with Crippen molar-refractivity contribution in [1.82, 2.24) is 9.78 Å². The van der Waals surface area contributed by atoms with Crippen LogP contribution in [0.1, 0.15) is 31.0 Å². The molecule has 2 rings (SSSR count). The maximum atomic E-state index is 11.1. The maximum absolute atomic E-state index is 11.1. The van der Waals surface area contributed by atoms with E-state index in [1.54, 1.807) is 6.20 Å². The third-order valence-electron chi connectivity index (χ3n) is 3.28. The van der Waals surface area contributed by atoms with Gasteiger partial charge in [0.25, 0.3) is 0 Å². The van der Waals surface area contributed by atoms with Gasteiger partial charge in [-0.2, -0.15) is 5.10 Å². The van der Waals surface area contributed by atoms with Crippen molar-refractivity contribution in [2.24, 2.45) is 0 Å². The lowest BCUT2D eigenvalue weighted by atomic mass is 10.2. The van der Waals surface area contributed by atoms with E-state index >= 15 is 0 Å². The Bertz CT molecular complexity index is 602. The summed E-state index contributed by atoms with van der Waals surface area (Å²) < 4.78 is 1.88.